The fourth-order valence-corrected chi connectivity index (χ4v) is 6.00. The van der Waals surface area contributed by atoms with Crippen LogP contribution in [0.5, 0.6) is 5.75 Å². The van der Waals surface area contributed by atoms with Gasteiger partial charge in [0.25, 0.3) is 11.8 Å². The second-order valence-corrected chi connectivity index (χ2v) is 9.51. The van der Waals surface area contributed by atoms with Gasteiger partial charge in [-0.1, -0.05) is 29.8 Å². The van der Waals surface area contributed by atoms with Crippen LogP contribution in [0.25, 0.3) is 0 Å². The SMILES string of the molecule is COc1ccc2c(c1)[C@@]1(SCCN1C(=O)c1ccc(C)cc1)C(=O)N2Cc1cccc(F)c1. The lowest BCUT2D eigenvalue weighted by molar-refractivity contribution is -0.123. The zero-order valence-electron chi connectivity index (χ0n) is 18.4. The highest BCUT2D eigenvalue weighted by Crippen LogP contribution is 2.55. The van der Waals surface area contributed by atoms with Crippen molar-refractivity contribution in [2.45, 2.75) is 18.3 Å². The summed E-state index contributed by atoms with van der Waals surface area (Å²) in [6, 6.07) is 19.1. The van der Waals surface area contributed by atoms with Gasteiger partial charge >= 0.3 is 0 Å². The molecule has 168 valence electrons. The first-order chi connectivity index (χ1) is 15.9. The van der Waals surface area contributed by atoms with Crippen molar-refractivity contribution in [2.24, 2.45) is 0 Å². The molecule has 0 aliphatic carbocycles. The summed E-state index contributed by atoms with van der Waals surface area (Å²) in [5, 5.41) is 0. The van der Waals surface area contributed by atoms with Gasteiger partial charge in [-0.15, -0.1) is 11.8 Å². The van der Waals surface area contributed by atoms with Crippen molar-refractivity contribution in [2.75, 3.05) is 24.3 Å². The molecule has 0 radical (unpaired) electrons. The van der Waals surface area contributed by atoms with Crippen LogP contribution < -0.4 is 9.64 Å². The normalized spacial score (nSPS) is 19.3. The van der Waals surface area contributed by atoms with Crippen LogP contribution in [0, 0.1) is 12.7 Å². The Bertz CT molecular complexity index is 1250. The van der Waals surface area contributed by atoms with Crippen LogP contribution in [-0.4, -0.2) is 36.1 Å². The molecular formula is C26H23FN2O3S. The van der Waals surface area contributed by atoms with E-state index in [4.69, 9.17) is 4.74 Å². The third kappa shape index (κ3) is 3.47. The highest BCUT2D eigenvalue weighted by Gasteiger charge is 2.59. The zero-order chi connectivity index (χ0) is 23.2. The summed E-state index contributed by atoms with van der Waals surface area (Å²) < 4.78 is 19.3. The number of thioether (sulfide) groups is 1. The number of carbonyl (C=O) groups is 2. The molecule has 0 saturated carbocycles. The number of amides is 2. The molecule has 7 heteroatoms. The van der Waals surface area contributed by atoms with Crippen LogP contribution in [0.15, 0.2) is 66.7 Å². The highest BCUT2D eigenvalue weighted by molar-refractivity contribution is 8.01. The van der Waals surface area contributed by atoms with E-state index in [-0.39, 0.29) is 24.2 Å². The average Bonchev–Trinajstić information content (AvgIpc) is 3.36. The van der Waals surface area contributed by atoms with Crippen LogP contribution in [0.1, 0.15) is 27.0 Å². The molecule has 2 amide bonds. The molecule has 1 spiro atoms. The molecule has 3 aromatic rings. The first-order valence-corrected chi connectivity index (χ1v) is 11.7. The second kappa shape index (κ2) is 8.23. The maximum Gasteiger partial charge on any atom is 0.268 e. The number of hydrogen-bond acceptors (Lipinski definition) is 4. The van der Waals surface area contributed by atoms with Gasteiger partial charge in [0.2, 0.25) is 0 Å². The lowest BCUT2D eigenvalue weighted by atomic mass is 10.0. The van der Waals surface area contributed by atoms with Gasteiger partial charge in [0.15, 0.2) is 4.87 Å². The molecule has 0 N–H and O–H groups in total. The Morgan fingerprint density at radius 3 is 2.64 bits per heavy atom. The van der Waals surface area contributed by atoms with Crippen molar-refractivity contribution in [3.05, 3.63) is 94.8 Å². The largest absolute Gasteiger partial charge is 0.497 e. The molecule has 0 unspecified atom stereocenters. The molecule has 1 saturated heterocycles. The van der Waals surface area contributed by atoms with Crippen molar-refractivity contribution in [1.29, 1.82) is 0 Å². The Morgan fingerprint density at radius 1 is 1.12 bits per heavy atom. The highest BCUT2D eigenvalue weighted by atomic mass is 32.2. The molecule has 5 rings (SSSR count). The van der Waals surface area contributed by atoms with E-state index in [0.717, 1.165) is 11.1 Å². The molecule has 2 aliphatic rings. The van der Waals surface area contributed by atoms with Gasteiger partial charge in [-0.05, 0) is 55.0 Å². The van der Waals surface area contributed by atoms with Crippen LogP contribution in [-0.2, 0) is 16.2 Å². The van der Waals surface area contributed by atoms with E-state index in [1.807, 2.05) is 31.2 Å². The van der Waals surface area contributed by atoms with Crippen LogP contribution in [0.2, 0.25) is 0 Å². The summed E-state index contributed by atoms with van der Waals surface area (Å²) in [7, 11) is 1.58. The van der Waals surface area contributed by atoms with Crippen molar-refractivity contribution in [3.63, 3.8) is 0 Å². The standard InChI is InChI=1S/C26H23FN2O3S/c1-17-6-8-19(9-7-17)24(30)29-12-13-33-26(29)22-15-21(32-2)10-11-23(22)28(25(26)31)16-18-4-3-5-20(27)14-18/h3-11,14-15H,12-13,16H2,1-2H3/t26-/m1/s1. The van der Waals surface area contributed by atoms with Crippen molar-refractivity contribution in [1.82, 2.24) is 4.90 Å². The summed E-state index contributed by atoms with van der Waals surface area (Å²) in [4.78, 5) is 29.8. The molecule has 0 bridgehead atoms. The molecule has 2 heterocycles. The number of rotatable bonds is 4. The Balaban J connectivity index is 1.61. The van der Waals surface area contributed by atoms with Crippen molar-refractivity contribution < 1.29 is 18.7 Å². The molecule has 5 nitrogen and oxygen atoms in total. The Morgan fingerprint density at radius 2 is 1.91 bits per heavy atom. The number of carbonyl (C=O) groups excluding carboxylic acids is 2. The topological polar surface area (TPSA) is 49.9 Å². The maximum absolute atomic E-state index is 14.1. The van der Waals surface area contributed by atoms with Gasteiger partial charge in [-0.25, -0.2) is 4.39 Å². The first kappa shape index (κ1) is 21.5. The van der Waals surface area contributed by atoms with E-state index >= 15 is 0 Å². The van der Waals surface area contributed by atoms with E-state index in [2.05, 4.69) is 0 Å². The van der Waals surface area contributed by atoms with Crippen LogP contribution in [0.4, 0.5) is 10.1 Å². The lowest BCUT2D eigenvalue weighted by Gasteiger charge is -2.33. The van der Waals surface area contributed by atoms with Gasteiger partial charge in [-0.2, -0.15) is 0 Å². The Hall–Kier alpha value is -3.32. The minimum Gasteiger partial charge on any atom is -0.497 e. The lowest BCUT2D eigenvalue weighted by Crippen LogP contribution is -2.50. The second-order valence-electron chi connectivity index (χ2n) is 8.22. The predicted molar refractivity (Wildman–Crippen MR) is 127 cm³/mol. The molecule has 0 aromatic heterocycles. The Labute approximate surface area is 196 Å². The number of nitrogens with zero attached hydrogens (tertiary/aromatic N) is 2. The quantitative estimate of drug-likeness (QED) is 0.563. The zero-order valence-corrected chi connectivity index (χ0v) is 19.2. The smallest absolute Gasteiger partial charge is 0.268 e. The van der Waals surface area contributed by atoms with Crippen molar-refractivity contribution in [3.8, 4) is 5.75 Å². The third-order valence-electron chi connectivity index (χ3n) is 6.17. The van der Waals surface area contributed by atoms with E-state index in [9.17, 15) is 14.0 Å². The minimum absolute atomic E-state index is 0.185. The van der Waals surface area contributed by atoms with Crippen molar-refractivity contribution >= 4 is 29.3 Å². The molecule has 1 atom stereocenters. The van der Waals surface area contributed by atoms with Crippen LogP contribution >= 0.6 is 11.8 Å². The van der Waals surface area contributed by atoms with E-state index < -0.39 is 4.87 Å². The number of anilines is 1. The van der Waals surface area contributed by atoms with Crippen LogP contribution in [0.3, 0.4) is 0 Å². The number of methoxy groups -OCH3 is 1. The summed E-state index contributed by atoms with van der Waals surface area (Å²) >= 11 is 1.46. The van der Waals surface area contributed by atoms with Gasteiger partial charge in [-0.3, -0.25) is 9.59 Å². The monoisotopic (exact) mass is 462 g/mol. The number of fused-ring (bicyclic) bond motifs is 2. The van der Waals surface area contributed by atoms with Gasteiger partial charge in [0, 0.05) is 23.4 Å². The molecule has 33 heavy (non-hydrogen) atoms. The summed E-state index contributed by atoms with van der Waals surface area (Å²) in [6.07, 6.45) is 0. The fourth-order valence-electron chi connectivity index (χ4n) is 4.55. The predicted octanol–water partition coefficient (Wildman–Crippen LogP) is 4.73. The third-order valence-corrected chi connectivity index (χ3v) is 7.59. The molecule has 3 aromatic carbocycles. The minimum atomic E-state index is -1.18. The van der Waals surface area contributed by atoms with E-state index in [1.54, 1.807) is 47.2 Å². The summed E-state index contributed by atoms with van der Waals surface area (Å²) in [5.74, 6) is 0.514. The molecular weight excluding hydrogens is 439 g/mol. The fraction of sp³-hybridized carbons (Fsp3) is 0.231. The maximum atomic E-state index is 14.1. The van der Waals surface area contributed by atoms with E-state index in [1.165, 1.54) is 23.9 Å². The number of benzene rings is 3. The van der Waals surface area contributed by atoms with Gasteiger partial charge < -0.3 is 14.5 Å². The van der Waals surface area contributed by atoms with Gasteiger partial charge in [0.05, 0.1) is 19.3 Å². The van der Waals surface area contributed by atoms with Gasteiger partial charge in [0.1, 0.15) is 11.6 Å². The summed E-state index contributed by atoms with van der Waals surface area (Å²) in [6.45, 7) is 2.63. The number of halogens is 1. The number of ether oxygens (including phenoxy) is 1. The molecule has 2 aliphatic heterocycles. The Kier molecular flexibility index (Phi) is 5.37. The number of hydrogen-bond donors (Lipinski definition) is 0. The first-order valence-electron chi connectivity index (χ1n) is 10.7. The number of aryl methyl sites for hydroxylation is 1. The van der Waals surface area contributed by atoms with E-state index in [0.29, 0.717) is 34.9 Å². The summed E-state index contributed by atoms with van der Waals surface area (Å²) in [5.41, 5.74) is 3.72. The average molecular weight is 463 g/mol. The molecule has 1 fully saturated rings.